The van der Waals surface area contributed by atoms with E-state index < -0.39 is 0 Å². The number of allylic oxidation sites excluding steroid dienone is 2. The zero-order chi connectivity index (χ0) is 15.1. The molecule has 0 radical (unpaired) electrons. The Morgan fingerprint density at radius 1 is 1.14 bits per heavy atom. The molecule has 1 heterocycles. The number of hydrogen-bond donors (Lipinski definition) is 1. The second kappa shape index (κ2) is 5.58. The van der Waals surface area contributed by atoms with E-state index in [-0.39, 0.29) is 0 Å². The fraction of sp³-hybridized carbons (Fsp3) is 0.300. The lowest BCUT2D eigenvalue weighted by atomic mass is 9.76. The third kappa shape index (κ3) is 2.21. The van der Waals surface area contributed by atoms with Crippen LogP contribution in [0.25, 0.3) is 0 Å². The predicted octanol–water partition coefficient (Wildman–Crippen LogP) is 5.84. The third-order valence-corrected chi connectivity index (χ3v) is 5.80. The number of benzene rings is 2. The summed E-state index contributed by atoms with van der Waals surface area (Å²) < 4.78 is 1.20. The van der Waals surface area contributed by atoms with Crippen LogP contribution in [0.3, 0.4) is 0 Å². The molecule has 1 nitrogen and oxygen atoms in total. The molecule has 112 valence electrons. The molecule has 0 bridgehead atoms. The van der Waals surface area contributed by atoms with Crippen molar-refractivity contribution in [3.05, 3.63) is 75.8 Å². The van der Waals surface area contributed by atoms with Gasteiger partial charge in [0.1, 0.15) is 0 Å². The van der Waals surface area contributed by atoms with Crippen LogP contribution in [0.4, 0.5) is 5.69 Å². The SMILES string of the molecule is CCc1ccc2c(c1)[C@@H]1C=CC[C@H]1[C@H](c1ccccc1Br)N2. The molecule has 0 amide bonds. The van der Waals surface area contributed by atoms with Gasteiger partial charge in [0.2, 0.25) is 0 Å². The summed E-state index contributed by atoms with van der Waals surface area (Å²) in [6, 6.07) is 15.9. The fourth-order valence-electron chi connectivity index (χ4n) is 3.90. The maximum absolute atomic E-state index is 3.81. The Morgan fingerprint density at radius 3 is 2.82 bits per heavy atom. The maximum Gasteiger partial charge on any atom is 0.0565 e. The minimum absolute atomic E-state index is 0.371. The summed E-state index contributed by atoms with van der Waals surface area (Å²) in [4.78, 5) is 0. The van der Waals surface area contributed by atoms with E-state index in [1.165, 1.54) is 26.9 Å². The van der Waals surface area contributed by atoms with Gasteiger partial charge in [-0.3, -0.25) is 0 Å². The first-order valence-electron chi connectivity index (χ1n) is 8.08. The van der Waals surface area contributed by atoms with Crippen LogP contribution >= 0.6 is 15.9 Å². The van der Waals surface area contributed by atoms with Gasteiger partial charge >= 0.3 is 0 Å². The van der Waals surface area contributed by atoms with Crippen molar-refractivity contribution in [1.29, 1.82) is 0 Å². The van der Waals surface area contributed by atoms with Gasteiger partial charge in [-0.15, -0.1) is 0 Å². The molecule has 2 heteroatoms. The minimum atomic E-state index is 0.371. The zero-order valence-corrected chi connectivity index (χ0v) is 14.3. The van der Waals surface area contributed by atoms with E-state index in [1.807, 2.05) is 0 Å². The number of hydrogen-bond acceptors (Lipinski definition) is 1. The van der Waals surface area contributed by atoms with Gasteiger partial charge in [-0.25, -0.2) is 0 Å². The minimum Gasteiger partial charge on any atom is -0.378 e. The van der Waals surface area contributed by atoms with E-state index in [0.717, 1.165) is 12.8 Å². The Labute approximate surface area is 140 Å². The molecule has 22 heavy (non-hydrogen) atoms. The molecule has 1 aliphatic heterocycles. The second-order valence-electron chi connectivity index (χ2n) is 6.27. The first kappa shape index (κ1) is 14.1. The molecule has 1 N–H and O–H groups in total. The molecule has 0 fully saturated rings. The number of nitrogens with one attached hydrogen (secondary N) is 1. The lowest BCUT2D eigenvalue weighted by Gasteiger charge is -2.38. The van der Waals surface area contributed by atoms with Crippen molar-refractivity contribution in [2.75, 3.05) is 5.32 Å². The number of anilines is 1. The highest BCUT2D eigenvalue weighted by molar-refractivity contribution is 9.10. The van der Waals surface area contributed by atoms with Gasteiger partial charge in [-0.1, -0.05) is 65.3 Å². The molecule has 4 rings (SSSR count). The van der Waals surface area contributed by atoms with Gasteiger partial charge in [0, 0.05) is 16.1 Å². The molecule has 2 aromatic rings. The first-order chi connectivity index (χ1) is 10.8. The summed E-state index contributed by atoms with van der Waals surface area (Å²) in [6.07, 6.45) is 7.02. The Kier molecular flexibility index (Phi) is 3.57. The lowest BCUT2D eigenvalue weighted by molar-refractivity contribution is 0.424. The molecular weight excluding hydrogens is 334 g/mol. The molecule has 3 atom stereocenters. The van der Waals surface area contributed by atoms with E-state index in [0.29, 0.717) is 17.9 Å². The summed E-state index contributed by atoms with van der Waals surface area (Å²) in [5, 5.41) is 3.81. The highest BCUT2D eigenvalue weighted by Gasteiger charge is 2.38. The van der Waals surface area contributed by atoms with Crippen molar-refractivity contribution >= 4 is 21.6 Å². The quantitative estimate of drug-likeness (QED) is 0.668. The van der Waals surface area contributed by atoms with Crippen LogP contribution in [0.1, 0.15) is 42.0 Å². The van der Waals surface area contributed by atoms with Crippen LogP contribution < -0.4 is 5.32 Å². The van der Waals surface area contributed by atoms with Gasteiger partial charge in [0.05, 0.1) is 6.04 Å². The van der Waals surface area contributed by atoms with Crippen molar-refractivity contribution < 1.29 is 0 Å². The van der Waals surface area contributed by atoms with Crippen molar-refractivity contribution in [3.8, 4) is 0 Å². The number of halogens is 1. The van der Waals surface area contributed by atoms with Crippen molar-refractivity contribution in [2.24, 2.45) is 5.92 Å². The highest BCUT2D eigenvalue weighted by Crippen LogP contribution is 2.50. The molecule has 0 spiro atoms. The molecule has 0 saturated heterocycles. The smallest absolute Gasteiger partial charge is 0.0565 e. The molecule has 0 saturated carbocycles. The molecule has 2 aliphatic rings. The summed E-state index contributed by atoms with van der Waals surface area (Å²) in [6.45, 7) is 2.23. The van der Waals surface area contributed by atoms with E-state index in [4.69, 9.17) is 0 Å². The summed E-state index contributed by atoms with van der Waals surface area (Å²) in [7, 11) is 0. The molecule has 0 aromatic heterocycles. The average molecular weight is 354 g/mol. The average Bonchev–Trinajstić information content (AvgIpc) is 3.04. The van der Waals surface area contributed by atoms with Gasteiger partial charge < -0.3 is 5.32 Å². The van der Waals surface area contributed by atoms with Gasteiger partial charge in [-0.2, -0.15) is 0 Å². The standard InChI is InChI=1S/C20H20BrN/c1-2-13-10-11-19-17(12-13)14-7-5-8-15(14)20(22-19)16-6-3-4-9-18(16)21/h3-7,9-12,14-15,20,22H,2,8H2,1H3/t14-,15-,20-/m1/s1. The number of rotatable bonds is 2. The largest absolute Gasteiger partial charge is 0.378 e. The van der Waals surface area contributed by atoms with Crippen LogP contribution in [0, 0.1) is 5.92 Å². The van der Waals surface area contributed by atoms with Crippen LogP contribution in [-0.4, -0.2) is 0 Å². The Morgan fingerprint density at radius 2 is 2.00 bits per heavy atom. The molecular formula is C20H20BrN. The Bertz CT molecular complexity index is 734. The molecule has 1 aliphatic carbocycles. The number of fused-ring (bicyclic) bond motifs is 3. The lowest BCUT2D eigenvalue weighted by Crippen LogP contribution is -2.29. The van der Waals surface area contributed by atoms with E-state index in [9.17, 15) is 0 Å². The maximum atomic E-state index is 3.81. The second-order valence-corrected chi connectivity index (χ2v) is 7.13. The van der Waals surface area contributed by atoms with Crippen molar-refractivity contribution in [2.45, 2.75) is 31.7 Å². The molecule has 2 aromatic carbocycles. The topological polar surface area (TPSA) is 12.0 Å². The van der Waals surface area contributed by atoms with Crippen LogP contribution in [0.5, 0.6) is 0 Å². The fourth-order valence-corrected chi connectivity index (χ4v) is 4.43. The zero-order valence-electron chi connectivity index (χ0n) is 12.7. The Hall–Kier alpha value is -1.54. The first-order valence-corrected chi connectivity index (χ1v) is 8.87. The van der Waals surface area contributed by atoms with Crippen LogP contribution in [0.2, 0.25) is 0 Å². The summed E-state index contributed by atoms with van der Waals surface area (Å²) >= 11 is 3.73. The predicted molar refractivity (Wildman–Crippen MR) is 96.3 cm³/mol. The van der Waals surface area contributed by atoms with Crippen molar-refractivity contribution in [1.82, 2.24) is 0 Å². The van der Waals surface area contributed by atoms with Crippen molar-refractivity contribution in [3.63, 3.8) is 0 Å². The van der Waals surface area contributed by atoms with Gasteiger partial charge in [0.15, 0.2) is 0 Å². The van der Waals surface area contributed by atoms with Crippen LogP contribution in [0.15, 0.2) is 59.1 Å². The van der Waals surface area contributed by atoms with E-state index in [2.05, 4.69) is 82.8 Å². The normalized spacial score (nSPS) is 25.5. The number of aryl methyl sites for hydroxylation is 1. The summed E-state index contributed by atoms with van der Waals surface area (Å²) in [5.74, 6) is 1.15. The van der Waals surface area contributed by atoms with E-state index in [1.54, 1.807) is 0 Å². The highest BCUT2D eigenvalue weighted by atomic mass is 79.9. The third-order valence-electron chi connectivity index (χ3n) is 5.08. The van der Waals surface area contributed by atoms with Crippen LogP contribution in [-0.2, 0) is 6.42 Å². The monoisotopic (exact) mass is 353 g/mol. The van der Waals surface area contributed by atoms with Gasteiger partial charge in [-0.05, 0) is 47.6 Å². The van der Waals surface area contributed by atoms with Gasteiger partial charge in [0.25, 0.3) is 0 Å². The molecule has 0 unspecified atom stereocenters. The summed E-state index contributed by atoms with van der Waals surface area (Å²) in [5.41, 5.74) is 5.57. The Balaban J connectivity index is 1.80. The van der Waals surface area contributed by atoms with E-state index >= 15 is 0 Å².